The molecule has 264 valence electrons. The van der Waals surface area contributed by atoms with Crippen LogP contribution in [0.5, 0.6) is 0 Å². The zero-order chi connectivity index (χ0) is 35.1. The molecule has 2 fully saturated rings. The number of carbonyl (C=O) groups is 1. The van der Waals surface area contributed by atoms with Crippen molar-refractivity contribution < 1.29 is 19.0 Å². The molecule has 16 nitrogen and oxygen atoms in total. The summed E-state index contributed by atoms with van der Waals surface area (Å²) in [6, 6.07) is 8.12. The molecule has 0 bridgehead atoms. The van der Waals surface area contributed by atoms with Gasteiger partial charge in [-0.05, 0) is 72.4 Å². The van der Waals surface area contributed by atoms with E-state index in [0.717, 1.165) is 73.2 Å². The maximum absolute atomic E-state index is 11.9. The molecule has 0 saturated carbocycles. The zero-order valence-electron chi connectivity index (χ0n) is 29.5. The van der Waals surface area contributed by atoms with Gasteiger partial charge in [0.25, 0.3) is 11.9 Å². The molecule has 2 saturated heterocycles. The Labute approximate surface area is 287 Å². The van der Waals surface area contributed by atoms with Gasteiger partial charge in [0, 0.05) is 50.8 Å². The fourth-order valence-corrected chi connectivity index (χ4v) is 6.35. The topological polar surface area (TPSA) is 176 Å². The number of anilines is 4. The highest BCUT2D eigenvalue weighted by molar-refractivity contribution is 5.84. The normalized spacial score (nSPS) is 17.3. The molecular formula is C33H48N12O4. The third kappa shape index (κ3) is 8.61. The van der Waals surface area contributed by atoms with Crippen molar-refractivity contribution in [3.8, 4) is 11.9 Å². The minimum Gasteiger partial charge on any atom is -0.450 e. The number of hydrogen-bond acceptors (Lipinski definition) is 13. The number of nitrogens with two attached hydrogens (primary N) is 1. The predicted molar refractivity (Wildman–Crippen MR) is 187 cm³/mol. The van der Waals surface area contributed by atoms with Crippen LogP contribution in [0.3, 0.4) is 0 Å². The van der Waals surface area contributed by atoms with Gasteiger partial charge in [0.2, 0.25) is 0 Å². The van der Waals surface area contributed by atoms with Crippen molar-refractivity contribution in [1.82, 2.24) is 39.5 Å². The molecule has 2 aliphatic heterocycles. The van der Waals surface area contributed by atoms with E-state index in [-0.39, 0.29) is 12.6 Å². The van der Waals surface area contributed by atoms with E-state index in [1.54, 1.807) is 36.6 Å². The number of nitrogens with one attached hydrogen (secondary N) is 1. The molecule has 2 atom stereocenters. The lowest BCUT2D eigenvalue weighted by molar-refractivity contribution is 0.168. The van der Waals surface area contributed by atoms with Crippen molar-refractivity contribution in [2.75, 3.05) is 68.0 Å². The van der Waals surface area contributed by atoms with E-state index in [4.69, 9.17) is 24.9 Å². The number of rotatable bonds is 10. The number of nitrogen functional groups attached to an aromatic ring is 1. The number of ether oxygens (including phenoxy) is 3. The van der Waals surface area contributed by atoms with Crippen molar-refractivity contribution in [2.24, 2.45) is 0 Å². The number of carbonyl (C=O) groups excluding carboxylic acids is 1. The number of aryl methyl sites for hydroxylation is 4. The Morgan fingerprint density at radius 2 is 1.31 bits per heavy atom. The Morgan fingerprint density at radius 3 is 1.78 bits per heavy atom. The molecule has 0 spiro atoms. The van der Waals surface area contributed by atoms with Crippen LogP contribution in [0, 0.1) is 27.7 Å². The molecule has 6 heterocycles. The molecule has 6 rings (SSSR count). The highest BCUT2D eigenvalue weighted by Gasteiger charge is 2.28. The van der Waals surface area contributed by atoms with Crippen LogP contribution in [0.2, 0.25) is 0 Å². The number of amides is 1. The lowest BCUT2D eigenvalue weighted by atomic mass is 10.2. The van der Waals surface area contributed by atoms with Gasteiger partial charge in [-0.1, -0.05) is 0 Å². The molecule has 0 unspecified atom stereocenters. The summed E-state index contributed by atoms with van der Waals surface area (Å²) in [6.07, 6.45) is 3.79. The number of nitrogens with zero attached hydrogens (tertiary/aromatic N) is 10. The minimum absolute atomic E-state index is 0.244. The fourth-order valence-electron chi connectivity index (χ4n) is 6.35. The summed E-state index contributed by atoms with van der Waals surface area (Å²) < 4.78 is 19.0. The fraction of sp³-hybridized carbons (Fsp3) is 0.545. The van der Waals surface area contributed by atoms with Crippen LogP contribution in [-0.2, 0) is 14.2 Å². The average molecular weight is 677 g/mol. The Kier molecular flexibility index (Phi) is 11.6. The first-order valence-electron chi connectivity index (χ1n) is 16.7. The first-order valence-corrected chi connectivity index (χ1v) is 16.7. The van der Waals surface area contributed by atoms with Crippen LogP contribution in [0.1, 0.15) is 55.4 Å². The van der Waals surface area contributed by atoms with Gasteiger partial charge >= 0.3 is 6.09 Å². The van der Waals surface area contributed by atoms with E-state index in [9.17, 15) is 4.79 Å². The molecule has 0 aliphatic carbocycles. The second-order valence-corrected chi connectivity index (χ2v) is 12.3. The van der Waals surface area contributed by atoms with Crippen molar-refractivity contribution in [1.29, 1.82) is 0 Å². The highest BCUT2D eigenvalue weighted by Crippen LogP contribution is 2.28. The van der Waals surface area contributed by atoms with E-state index >= 15 is 0 Å². The third-order valence-electron chi connectivity index (χ3n) is 8.39. The van der Waals surface area contributed by atoms with E-state index in [1.165, 1.54) is 0 Å². The van der Waals surface area contributed by atoms with Crippen LogP contribution in [0.15, 0.2) is 24.3 Å². The summed E-state index contributed by atoms with van der Waals surface area (Å²) in [5.41, 5.74) is 9.71. The number of hydrogen-bond donors (Lipinski definition) is 2. The van der Waals surface area contributed by atoms with Crippen molar-refractivity contribution in [3.63, 3.8) is 0 Å². The number of aromatic nitrogens is 8. The van der Waals surface area contributed by atoms with Crippen LogP contribution in [0.25, 0.3) is 11.9 Å². The lowest BCUT2D eigenvalue weighted by Gasteiger charge is -2.25. The minimum atomic E-state index is -0.545. The van der Waals surface area contributed by atoms with Crippen LogP contribution in [0.4, 0.5) is 28.1 Å². The molecule has 2 aliphatic rings. The lowest BCUT2D eigenvalue weighted by Crippen LogP contribution is -2.34. The van der Waals surface area contributed by atoms with E-state index in [2.05, 4.69) is 40.3 Å². The first-order chi connectivity index (χ1) is 23.6. The van der Waals surface area contributed by atoms with Gasteiger partial charge in [-0.15, -0.1) is 0 Å². The second-order valence-electron chi connectivity index (χ2n) is 12.3. The Hall–Kier alpha value is -4.83. The van der Waals surface area contributed by atoms with E-state index in [0.29, 0.717) is 42.8 Å². The third-order valence-corrected chi connectivity index (χ3v) is 8.39. The van der Waals surface area contributed by atoms with Crippen molar-refractivity contribution in [3.05, 3.63) is 47.0 Å². The van der Waals surface area contributed by atoms with Crippen molar-refractivity contribution in [2.45, 2.75) is 72.4 Å². The molecular weight excluding hydrogens is 628 g/mol. The van der Waals surface area contributed by atoms with Gasteiger partial charge in [0.05, 0.1) is 43.3 Å². The van der Waals surface area contributed by atoms with Gasteiger partial charge in [-0.25, -0.2) is 14.2 Å². The molecule has 4 aromatic heterocycles. The van der Waals surface area contributed by atoms with Gasteiger partial charge in [-0.2, -0.15) is 30.1 Å². The van der Waals surface area contributed by atoms with Crippen molar-refractivity contribution >= 4 is 29.4 Å². The smallest absolute Gasteiger partial charge is 0.412 e. The quantitative estimate of drug-likeness (QED) is 0.247. The summed E-state index contributed by atoms with van der Waals surface area (Å²) in [7, 11) is 3.43. The molecule has 16 heteroatoms. The molecule has 1 amide bonds. The van der Waals surface area contributed by atoms with Crippen LogP contribution < -0.4 is 20.9 Å². The molecule has 0 radical (unpaired) electrons. The predicted octanol–water partition coefficient (Wildman–Crippen LogP) is 3.94. The van der Waals surface area contributed by atoms with Gasteiger partial charge in [-0.3, -0.25) is 5.32 Å². The summed E-state index contributed by atoms with van der Waals surface area (Å²) >= 11 is 0. The van der Waals surface area contributed by atoms with Crippen LogP contribution in [-0.4, -0.2) is 105 Å². The maximum Gasteiger partial charge on any atom is 0.412 e. The van der Waals surface area contributed by atoms with E-state index < -0.39 is 6.09 Å². The SMILES string of the molecule is CCOC(=O)Nc1cc(N2CCC[C@@H]2COC)nc(-n2nc(C)cc2C)n1.COC[C@H]1CCCN1c1cc(N)nc(-n2nc(C)cc2C)n1. The summed E-state index contributed by atoms with van der Waals surface area (Å²) in [5, 5.41) is 11.6. The molecule has 3 N–H and O–H groups in total. The Balaban J connectivity index is 0.000000195. The standard InChI is InChI=1S/C18H26N6O3.C15H22N6O/c1-5-27-18(25)20-15-10-16(23-8-6-7-14(23)11-26-4)21-17(19-15)24-13(3)9-12(2)22-24;1-10-7-11(2)21(19-10)15-17-13(16)8-14(18-15)20-6-4-5-12(20)9-22-3/h9-10,14H,5-8,11H2,1-4H3,(H,19,20,21,25);7-8,12H,4-6,9H2,1-3H3,(H2,16,17,18)/t14-;12-/m11/s1. The monoisotopic (exact) mass is 676 g/mol. The van der Waals surface area contributed by atoms with Gasteiger partial charge < -0.3 is 29.7 Å². The molecule has 49 heavy (non-hydrogen) atoms. The maximum atomic E-state index is 11.9. The van der Waals surface area contributed by atoms with Gasteiger partial charge in [0.15, 0.2) is 0 Å². The Bertz CT molecular complexity index is 1720. The largest absolute Gasteiger partial charge is 0.450 e. The second kappa shape index (κ2) is 16.0. The van der Waals surface area contributed by atoms with Gasteiger partial charge in [0.1, 0.15) is 23.3 Å². The number of methoxy groups -OCH3 is 2. The average Bonchev–Trinajstić information content (AvgIpc) is 3.85. The summed E-state index contributed by atoms with van der Waals surface area (Å²) in [4.78, 5) is 34.5. The highest BCUT2D eigenvalue weighted by atomic mass is 16.5. The summed E-state index contributed by atoms with van der Waals surface area (Å²) in [5.74, 6) is 3.34. The van der Waals surface area contributed by atoms with Crippen LogP contribution >= 0.6 is 0 Å². The van der Waals surface area contributed by atoms with E-state index in [1.807, 2.05) is 45.9 Å². The molecule has 4 aromatic rings. The summed E-state index contributed by atoms with van der Waals surface area (Å²) in [6.45, 7) is 13.0. The zero-order valence-corrected chi connectivity index (χ0v) is 29.5. The first kappa shape index (κ1) is 35.5. The molecule has 0 aromatic carbocycles. The Morgan fingerprint density at radius 1 is 0.796 bits per heavy atom.